The zero-order valence-electron chi connectivity index (χ0n) is 11.1. The van der Waals surface area contributed by atoms with Gasteiger partial charge in [-0.1, -0.05) is 30.3 Å². The van der Waals surface area contributed by atoms with Crippen LogP contribution in [0.3, 0.4) is 0 Å². The van der Waals surface area contributed by atoms with Crippen LogP contribution in [0, 0.1) is 5.82 Å². The van der Waals surface area contributed by atoms with E-state index in [1.165, 1.54) is 29.1 Å². The molecule has 3 rings (SSSR count). The van der Waals surface area contributed by atoms with Gasteiger partial charge in [0.1, 0.15) is 5.82 Å². The van der Waals surface area contributed by atoms with Gasteiger partial charge in [-0.2, -0.15) is 0 Å². The van der Waals surface area contributed by atoms with Crippen molar-refractivity contribution in [3.05, 3.63) is 76.6 Å². The first kappa shape index (κ1) is 13.5. The molecule has 0 amide bonds. The molecule has 3 aromatic rings. The number of hydrogen-bond donors (Lipinski definition) is 1. The quantitative estimate of drug-likeness (QED) is 0.802. The highest BCUT2D eigenvalue weighted by atomic mass is 19.1. The lowest BCUT2D eigenvalue weighted by molar-refractivity contribution is 0.155. The molecule has 1 unspecified atom stereocenters. The van der Waals surface area contributed by atoms with Gasteiger partial charge in [0.05, 0.1) is 29.9 Å². The van der Waals surface area contributed by atoms with Crippen LogP contribution >= 0.6 is 0 Å². The van der Waals surface area contributed by atoms with Gasteiger partial charge in [-0.25, -0.2) is 9.37 Å². The minimum absolute atomic E-state index is 0.100. The molecule has 1 atom stereocenters. The summed E-state index contributed by atoms with van der Waals surface area (Å²) in [5, 5.41) is 10.5. The topological polar surface area (TPSA) is 55.1 Å². The Morgan fingerprint density at radius 3 is 2.71 bits per heavy atom. The van der Waals surface area contributed by atoms with Crippen molar-refractivity contribution in [2.45, 2.75) is 12.6 Å². The van der Waals surface area contributed by atoms with Crippen molar-refractivity contribution in [2.24, 2.45) is 0 Å². The van der Waals surface area contributed by atoms with Gasteiger partial charge in [0, 0.05) is 6.07 Å². The van der Waals surface area contributed by atoms with E-state index in [9.17, 15) is 14.3 Å². The van der Waals surface area contributed by atoms with Gasteiger partial charge in [-0.3, -0.25) is 9.36 Å². The molecule has 2 aromatic carbocycles. The number of rotatable bonds is 3. The monoisotopic (exact) mass is 284 g/mol. The van der Waals surface area contributed by atoms with E-state index in [2.05, 4.69) is 4.98 Å². The fraction of sp³-hybridized carbons (Fsp3) is 0.125. The molecule has 0 fully saturated rings. The zero-order chi connectivity index (χ0) is 14.8. The van der Waals surface area contributed by atoms with E-state index in [1.807, 2.05) is 18.2 Å². The molecule has 0 spiro atoms. The van der Waals surface area contributed by atoms with E-state index in [4.69, 9.17) is 0 Å². The van der Waals surface area contributed by atoms with Crippen LogP contribution in [0.5, 0.6) is 0 Å². The average Bonchev–Trinajstić information content (AvgIpc) is 2.51. The van der Waals surface area contributed by atoms with Gasteiger partial charge in [0.2, 0.25) is 0 Å². The first-order valence-corrected chi connectivity index (χ1v) is 6.53. The third-order valence-electron chi connectivity index (χ3n) is 3.34. The highest BCUT2D eigenvalue weighted by Gasteiger charge is 2.11. The van der Waals surface area contributed by atoms with E-state index in [0.29, 0.717) is 10.9 Å². The van der Waals surface area contributed by atoms with E-state index in [1.54, 1.807) is 12.1 Å². The highest BCUT2D eigenvalue weighted by molar-refractivity contribution is 5.77. The van der Waals surface area contributed by atoms with Gasteiger partial charge in [0.25, 0.3) is 5.56 Å². The lowest BCUT2D eigenvalue weighted by atomic mass is 10.1. The van der Waals surface area contributed by atoms with Crippen LogP contribution in [0.25, 0.3) is 10.9 Å². The minimum atomic E-state index is -0.802. The summed E-state index contributed by atoms with van der Waals surface area (Å²) in [7, 11) is 0. The van der Waals surface area contributed by atoms with Crippen molar-refractivity contribution < 1.29 is 9.50 Å². The highest BCUT2D eigenvalue weighted by Crippen LogP contribution is 2.14. The maximum Gasteiger partial charge on any atom is 0.261 e. The molecule has 4 nitrogen and oxygen atoms in total. The second kappa shape index (κ2) is 5.46. The molecule has 0 aliphatic heterocycles. The predicted molar refractivity (Wildman–Crippen MR) is 77.4 cm³/mol. The van der Waals surface area contributed by atoms with Gasteiger partial charge in [-0.15, -0.1) is 0 Å². The maximum atomic E-state index is 13.1. The van der Waals surface area contributed by atoms with Gasteiger partial charge < -0.3 is 5.11 Å². The van der Waals surface area contributed by atoms with Crippen molar-refractivity contribution in [2.75, 3.05) is 0 Å². The summed E-state index contributed by atoms with van der Waals surface area (Å²) in [6.45, 7) is 0.100. The van der Waals surface area contributed by atoms with Crippen LogP contribution in [0.2, 0.25) is 0 Å². The molecule has 0 bridgehead atoms. The summed E-state index contributed by atoms with van der Waals surface area (Å²) >= 11 is 0. The molecular formula is C16H13FN2O2. The molecule has 0 radical (unpaired) electrons. The fourth-order valence-corrected chi connectivity index (χ4v) is 2.23. The van der Waals surface area contributed by atoms with Crippen LogP contribution in [0.1, 0.15) is 11.7 Å². The first-order valence-electron chi connectivity index (χ1n) is 6.53. The van der Waals surface area contributed by atoms with E-state index >= 15 is 0 Å². The molecule has 106 valence electrons. The molecule has 0 aliphatic carbocycles. The van der Waals surface area contributed by atoms with Crippen molar-refractivity contribution in [3.63, 3.8) is 0 Å². The third kappa shape index (κ3) is 2.68. The van der Waals surface area contributed by atoms with E-state index in [0.717, 1.165) is 5.56 Å². The molecule has 1 N–H and O–H groups in total. The van der Waals surface area contributed by atoms with Crippen molar-refractivity contribution in [3.8, 4) is 0 Å². The Labute approximate surface area is 120 Å². The Morgan fingerprint density at radius 2 is 1.95 bits per heavy atom. The Bertz CT molecular complexity index is 831. The van der Waals surface area contributed by atoms with Crippen LogP contribution < -0.4 is 5.56 Å². The van der Waals surface area contributed by atoms with Crippen molar-refractivity contribution >= 4 is 10.9 Å². The maximum absolute atomic E-state index is 13.1. The first-order chi connectivity index (χ1) is 10.1. The summed E-state index contributed by atoms with van der Waals surface area (Å²) < 4.78 is 14.4. The lowest BCUT2D eigenvalue weighted by Crippen LogP contribution is -2.23. The number of aliphatic hydroxyl groups is 1. The number of benzene rings is 2. The summed E-state index contributed by atoms with van der Waals surface area (Å²) in [6, 6.07) is 12.9. The molecule has 0 saturated heterocycles. The fourth-order valence-electron chi connectivity index (χ4n) is 2.23. The number of aromatic nitrogens is 2. The number of fused-ring (bicyclic) bond motifs is 1. The Morgan fingerprint density at radius 1 is 1.19 bits per heavy atom. The molecule has 5 heteroatoms. The Balaban J connectivity index is 1.96. The van der Waals surface area contributed by atoms with Gasteiger partial charge >= 0.3 is 0 Å². The molecule has 1 aromatic heterocycles. The summed E-state index contributed by atoms with van der Waals surface area (Å²) in [5.74, 6) is -0.434. The van der Waals surface area contributed by atoms with Crippen LogP contribution in [0.4, 0.5) is 4.39 Å². The second-order valence-corrected chi connectivity index (χ2v) is 4.79. The van der Waals surface area contributed by atoms with Crippen LogP contribution in [-0.2, 0) is 6.54 Å². The van der Waals surface area contributed by atoms with Crippen molar-refractivity contribution in [1.82, 2.24) is 9.55 Å². The number of nitrogens with zero attached hydrogens (tertiary/aromatic N) is 2. The zero-order valence-corrected chi connectivity index (χ0v) is 11.1. The summed E-state index contributed by atoms with van der Waals surface area (Å²) in [6.07, 6.45) is 0.527. The average molecular weight is 284 g/mol. The number of halogens is 1. The molecule has 1 heterocycles. The van der Waals surface area contributed by atoms with Crippen LogP contribution in [0.15, 0.2) is 59.7 Å². The smallest absolute Gasteiger partial charge is 0.261 e. The molecule has 0 aliphatic rings. The van der Waals surface area contributed by atoms with Crippen LogP contribution in [-0.4, -0.2) is 14.7 Å². The summed E-state index contributed by atoms with van der Waals surface area (Å²) in [5.41, 5.74) is 0.740. The van der Waals surface area contributed by atoms with Crippen molar-refractivity contribution in [1.29, 1.82) is 0 Å². The molecule has 0 saturated carbocycles. The Hall–Kier alpha value is -2.53. The third-order valence-corrected chi connectivity index (χ3v) is 3.34. The standard InChI is InChI=1S/C16H13FN2O2/c17-12-6-7-13-14(8-12)18-10-19(16(13)21)9-15(20)11-4-2-1-3-5-11/h1-8,10,15,20H,9H2. The minimum Gasteiger partial charge on any atom is -0.387 e. The number of aliphatic hydroxyl groups excluding tert-OH is 1. The largest absolute Gasteiger partial charge is 0.387 e. The normalized spacial score (nSPS) is 12.5. The van der Waals surface area contributed by atoms with Gasteiger partial charge in [-0.05, 0) is 17.7 Å². The van der Waals surface area contributed by atoms with E-state index in [-0.39, 0.29) is 12.1 Å². The lowest BCUT2D eigenvalue weighted by Gasteiger charge is -2.13. The predicted octanol–water partition coefficient (Wildman–Crippen LogP) is 2.27. The second-order valence-electron chi connectivity index (χ2n) is 4.79. The SMILES string of the molecule is O=c1c2ccc(F)cc2ncn1CC(O)c1ccccc1. The molecule has 21 heavy (non-hydrogen) atoms. The Kier molecular flexibility index (Phi) is 3.50. The number of hydrogen-bond acceptors (Lipinski definition) is 3. The molecular weight excluding hydrogens is 271 g/mol. The van der Waals surface area contributed by atoms with E-state index < -0.39 is 11.9 Å². The van der Waals surface area contributed by atoms with Gasteiger partial charge in [0.15, 0.2) is 0 Å². The summed E-state index contributed by atoms with van der Waals surface area (Å²) in [4.78, 5) is 16.4.